The summed E-state index contributed by atoms with van der Waals surface area (Å²) in [5.74, 6) is -4.62. The van der Waals surface area contributed by atoms with E-state index in [1.807, 2.05) is 0 Å². The lowest BCUT2D eigenvalue weighted by Crippen LogP contribution is -2.48. The number of Topliss-reactive ketones (excluding diaryl/α,β-unsaturated/α-hetero) is 2. The minimum Gasteiger partial charge on any atom is -0.462 e. The molecule has 0 aromatic heterocycles. The maximum absolute atomic E-state index is 13.1. The summed E-state index contributed by atoms with van der Waals surface area (Å²) in [6.45, 7) is 8.61. The number of carbonyl (C=O) groups excluding carboxylic acids is 4. The second-order valence-corrected chi connectivity index (χ2v) is 7.58. The predicted molar refractivity (Wildman–Crippen MR) is 107 cm³/mol. The van der Waals surface area contributed by atoms with Gasteiger partial charge in [-0.2, -0.15) is 0 Å². The van der Waals surface area contributed by atoms with Crippen molar-refractivity contribution >= 4 is 29.2 Å². The van der Waals surface area contributed by atoms with Crippen molar-refractivity contribution in [3.05, 3.63) is 39.9 Å². The summed E-state index contributed by atoms with van der Waals surface area (Å²) in [4.78, 5) is 61.3. The van der Waals surface area contributed by atoms with Crippen LogP contribution in [0.15, 0.2) is 24.3 Å². The van der Waals surface area contributed by atoms with Crippen molar-refractivity contribution in [2.45, 2.75) is 65.6 Å². The van der Waals surface area contributed by atoms with Crippen molar-refractivity contribution in [1.82, 2.24) is 0 Å². The number of nitrogens with zero attached hydrogens (tertiary/aromatic N) is 1. The van der Waals surface area contributed by atoms with E-state index in [0.717, 1.165) is 19.9 Å². The zero-order valence-corrected chi connectivity index (χ0v) is 18.0. The highest BCUT2D eigenvalue weighted by Crippen LogP contribution is 2.37. The Hall–Kier alpha value is -3.10. The van der Waals surface area contributed by atoms with Gasteiger partial charge < -0.3 is 9.47 Å². The van der Waals surface area contributed by atoms with Crippen LogP contribution in [0.2, 0.25) is 0 Å². The van der Waals surface area contributed by atoms with Gasteiger partial charge in [0.25, 0.3) is 5.69 Å². The number of esters is 2. The number of non-ortho nitro benzene ring substituents is 1. The van der Waals surface area contributed by atoms with E-state index in [4.69, 9.17) is 9.47 Å². The minimum atomic E-state index is -2.09. The Labute approximate surface area is 174 Å². The molecule has 9 nitrogen and oxygen atoms in total. The number of rotatable bonds is 10. The van der Waals surface area contributed by atoms with Crippen LogP contribution in [0.3, 0.4) is 0 Å². The Morgan fingerprint density at radius 1 is 1.03 bits per heavy atom. The van der Waals surface area contributed by atoms with Gasteiger partial charge in [0, 0.05) is 12.1 Å². The fourth-order valence-corrected chi connectivity index (χ4v) is 3.02. The van der Waals surface area contributed by atoms with Crippen LogP contribution in [0, 0.1) is 16.0 Å². The second kappa shape index (κ2) is 10.1. The number of ketones is 2. The Morgan fingerprint density at radius 2 is 1.60 bits per heavy atom. The maximum atomic E-state index is 13.1. The Kier molecular flexibility index (Phi) is 8.38. The average molecular weight is 421 g/mol. The number of hydrogen-bond acceptors (Lipinski definition) is 8. The lowest BCUT2D eigenvalue weighted by atomic mass is 9.70. The van der Waals surface area contributed by atoms with E-state index in [1.165, 1.54) is 18.2 Å². The number of ether oxygens (including phenoxy) is 2. The third kappa shape index (κ3) is 5.71. The first kappa shape index (κ1) is 24.9. The van der Waals surface area contributed by atoms with Crippen molar-refractivity contribution in [2.24, 2.45) is 5.92 Å². The lowest BCUT2D eigenvalue weighted by molar-refractivity contribution is -0.384. The van der Waals surface area contributed by atoms with E-state index in [1.54, 1.807) is 27.7 Å². The van der Waals surface area contributed by atoms with Gasteiger partial charge in [-0.3, -0.25) is 29.3 Å². The van der Waals surface area contributed by atoms with Gasteiger partial charge >= 0.3 is 11.9 Å². The van der Waals surface area contributed by atoms with Gasteiger partial charge in [0.05, 0.1) is 17.1 Å². The standard InChI is InChI=1S/C21H27NO8/c1-12(2)29-19(25)18(14(5)23)11-21(15(6)24,20(26)30-13(3)4)16-8-7-9-17(10-16)22(27)28/h7-10,12-13,18H,11H2,1-6H3/t18-,21-/m1/s1. The Balaban J connectivity index is 3.70. The number of benzene rings is 1. The number of carbonyl (C=O) groups is 4. The molecule has 1 aromatic rings. The third-order valence-electron chi connectivity index (χ3n) is 4.48. The topological polar surface area (TPSA) is 130 Å². The molecule has 0 unspecified atom stereocenters. The average Bonchev–Trinajstić information content (AvgIpc) is 2.60. The first-order chi connectivity index (χ1) is 13.8. The highest BCUT2D eigenvalue weighted by molar-refractivity contribution is 6.10. The van der Waals surface area contributed by atoms with Crippen molar-refractivity contribution in [3.8, 4) is 0 Å². The molecule has 0 N–H and O–H groups in total. The third-order valence-corrected chi connectivity index (χ3v) is 4.48. The van der Waals surface area contributed by atoms with Gasteiger partial charge in [-0.05, 0) is 53.5 Å². The molecule has 0 aliphatic heterocycles. The van der Waals surface area contributed by atoms with Gasteiger partial charge in [0.15, 0.2) is 11.2 Å². The van der Waals surface area contributed by atoms with E-state index in [0.29, 0.717) is 0 Å². The molecule has 0 aliphatic carbocycles. The normalized spacial score (nSPS) is 14.0. The Morgan fingerprint density at radius 3 is 2.03 bits per heavy atom. The summed E-state index contributed by atoms with van der Waals surface area (Å²) in [6.07, 6.45) is -1.68. The fourth-order valence-electron chi connectivity index (χ4n) is 3.02. The van der Waals surface area contributed by atoms with Gasteiger partial charge in [-0.15, -0.1) is 0 Å². The minimum absolute atomic E-state index is 0.0292. The molecule has 0 radical (unpaired) electrons. The second-order valence-electron chi connectivity index (χ2n) is 7.58. The molecule has 2 atom stereocenters. The molecule has 0 fully saturated rings. The van der Waals surface area contributed by atoms with Crippen molar-refractivity contribution < 1.29 is 33.6 Å². The first-order valence-electron chi connectivity index (χ1n) is 9.50. The first-order valence-corrected chi connectivity index (χ1v) is 9.50. The molecule has 0 aliphatic rings. The van der Waals surface area contributed by atoms with Crippen molar-refractivity contribution in [2.75, 3.05) is 0 Å². The smallest absolute Gasteiger partial charge is 0.324 e. The SMILES string of the molecule is CC(=O)[C@@H](C[C@](C(C)=O)(C(=O)OC(C)C)c1cccc([N+](=O)[O-])c1)C(=O)OC(C)C. The highest BCUT2D eigenvalue weighted by atomic mass is 16.6. The number of nitro groups is 1. The molecule has 0 spiro atoms. The summed E-state index contributed by atoms with van der Waals surface area (Å²) in [6, 6.07) is 4.97. The molecule has 164 valence electrons. The molecule has 0 saturated heterocycles. The van der Waals surface area contributed by atoms with Crippen molar-refractivity contribution in [3.63, 3.8) is 0 Å². The van der Waals surface area contributed by atoms with Crippen LogP contribution >= 0.6 is 0 Å². The highest BCUT2D eigenvalue weighted by Gasteiger charge is 2.51. The predicted octanol–water partition coefficient (Wildman–Crippen LogP) is 2.92. The zero-order chi connectivity index (χ0) is 23.2. The largest absolute Gasteiger partial charge is 0.462 e. The molecular formula is C21H27NO8. The molecular weight excluding hydrogens is 394 g/mol. The molecule has 1 aromatic carbocycles. The molecule has 1 rings (SSSR count). The summed E-state index contributed by atoms with van der Waals surface area (Å²) in [7, 11) is 0. The van der Waals surface area contributed by atoms with Gasteiger partial charge in [-0.25, -0.2) is 0 Å². The molecule has 0 saturated carbocycles. The maximum Gasteiger partial charge on any atom is 0.324 e. The number of nitro benzene ring substituents is 1. The van der Waals surface area contributed by atoms with E-state index >= 15 is 0 Å². The number of hydrogen-bond donors (Lipinski definition) is 0. The quantitative estimate of drug-likeness (QED) is 0.244. The van der Waals surface area contributed by atoms with Gasteiger partial charge in [0.1, 0.15) is 11.7 Å². The van der Waals surface area contributed by atoms with E-state index in [9.17, 15) is 29.3 Å². The van der Waals surface area contributed by atoms with E-state index < -0.39 is 58.4 Å². The van der Waals surface area contributed by atoms with Crippen molar-refractivity contribution in [1.29, 1.82) is 0 Å². The molecule has 0 amide bonds. The van der Waals surface area contributed by atoms with Crippen LogP contribution in [0.1, 0.15) is 53.5 Å². The molecule has 0 bridgehead atoms. The summed E-state index contributed by atoms with van der Waals surface area (Å²) in [5, 5.41) is 11.2. The van der Waals surface area contributed by atoms with Crippen LogP contribution in [0.25, 0.3) is 0 Å². The zero-order valence-electron chi connectivity index (χ0n) is 18.0. The summed E-state index contributed by atoms with van der Waals surface area (Å²) < 4.78 is 10.4. The van der Waals surface area contributed by atoms with Crippen LogP contribution < -0.4 is 0 Å². The van der Waals surface area contributed by atoms with Crippen LogP contribution in [-0.4, -0.2) is 40.6 Å². The van der Waals surface area contributed by atoms with Crippen LogP contribution in [0.4, 0.5) is 5.69 Å². The molecule has 30 heavy (non-hydrogen) atoms. The van der Waals surface area contributed by atoms with E-state index in [2.05, 4.69) is 0 Å². The van der Waals surface area contributed by atoms with Gasteiger partial charge in [0.2, 0.25) is 0 Å². The lowest BCUT2D eigenvalue weighted by Gasteiger charge is -2.32. The van der Waals surface area contributed by atoms with E-state index in [-0.39, 0.29) is 11.3 Å². The summed E-state index contributed by atoms with van der Waals surface area (Å²) >= 11 is 0. The molecule has 9 heteroatoms. The summed E-state index contributed by atoms with van der Waals surface area (Å²) in [5.41, 5.74) is -2.47. The Bertz CT molecular complexity index is 845. The molecule has 0 heterocycles. The monoisotopic (exact) mass is 421 g/mol. The van der Waals surface area contributed by atoms with Crippen LogP contribution in [0.5, 0.6) is 0 Å². The van der Waals surface area contributed by atoms with Crippen LogP contribution in [-0.2, 0) is 34.1 Å². The fraction of sp³-hybridized carbons (Fsp3) is 0.524. The van der Waals surface area contributed by atoms with Gasteiger partial charge in [-0.1, -0.05) is 12.1 Å².